The van der Waals surface area contributed by atoms with Crippen LogP contribution in [0.3, 0.4) is 0 Å². The van der Waals surface area contributed by atoms with Gasteiger partial charge in [-0.3, -0.25) is 4.90 Å². The number of hydrogen-bond donors (Lipinski definition) is 2. The van der Waals surface area contributed by atoms with E-state index in [0.717, 1.165) is 0 Å². The van der Waals surface area contributed by atoms with E-state index in [0.29, 0.717) is 37.3 Å². The number of nitrogens with one attached hydrogen (secondary N) is 1. The minimum Gasteiger partial charge on any atom is -0.389 e. The number of rotatable bonds is 4. The number of amides is 2. The molecule has 0 bridgehead atoms. The Labute approximate surface area is 147 Å². The van der Waals surface area contributed by atoms with Gasteiger partial charge in [0.25, 0.3) is 0 Å². The number of piperazine rings is 1. The van der Waals surface area contributed by atoms with Gasteiger partial charge >= 0.3 is 6.03 Å². The molecule has 1 aromatic rings. The van der Waals surface area contributed by atoms with E-state index in [-0.39, 0.29) is 18.6 Å². The molecule has 1 saturated heterocycles. The summed E-state index contributed by atoms with van der Waals surface area (Å²) in [7, 11) is 0. The average Bonchev–Trinajstić information content (AvgIpc) is 2.52. The van der Waals surface area contributed by atoms with Crippen LogP contribution in [0, 0.1) is 17.1 Å². The van der Waals surface area contributed by atoms with Crippen LogP contribution in [0.5, 0.6) is 0 Å². The Morgan fingerprint density at radius 3 is 2.80 bits per heavy atom. The molecule has 7 heteroatoms. The zero-order valence-electron chi connectivity index (χ0n) is 14.9. The first kappa shape index (κ1) is 19.2. The van der Waals surface area contributed by atoms with Gasteiger partial charge in [0.1, 0.15) is 5.82 Å². The zero-order valence-corrected chi connectivity index (χ0v) is 14.9. The number of benzene rings is 1. The van der Waals surface area contributed by atoms with Crippen molar-refractivity contribution in [2.24, 2.45) is 0 Å². The average molecular weight is 348 g/mol. The van der Waals surface area contributed by atoms with Gasteiger partial charge in [-0.05, 0) is 39.0 Å². The maximum atomic E-state index is 13.8. The molecule has 2 amide bonds. The molecule has 6 nitrogen and oxygen atoms in total. The number of aliphatic hydroxyl groups is 1. The van der Waals surface area contributed by atoms with Crippen LogP contribution in [-0.2, 0) is 6.54 Å². The van der Waals surface area contributed by atoms with E-state index in [1.807, 2.05) is 13.0 Å². The molecule has 0 saturated carbocycles. The van der Waals surface area contributed by atoms with E-state index in [9.17, 15) is 14.3 Å². The third kappa shape index (κ3) is 5.41. The minimum atomic E-state index is -0.770. The number of carbonyl (C=O) groups is 1. The van der Waals surface area contributed by atoms with Crippen molar-refractivity contribution in [3.05, 3.63) is 35.1 Å². The zero-order chi connectivity index (χ0) is 18.6. The number of halogens is 1. The van der Waals surface area contributed by atoms with Crippen molar-refractivity contribution < 1.29 is 14.3 Å². The van der Waals surface area contributed by atoms with E-state index in [4.69, 9.17) is 5.26 Å². The molecule has 0 radical (unpaired) electrons. The normalized spacial score (nSPS) is 18.7. The van der Waals surface area contributed by atoms with Gasteiger partial charge in [0.05, 0.1) is 17.2 Å². The lowest BCUT2D eigenvalue weighted by Crippen LogP contribution is -2.58. The molecule has 136 valence electrons. The first-order chi connectivity index (χ1) is 11.7. The predicted molar refractivity (Wildman–Crippen MR) is 92.3 cm³/mol. The quantitative estimate of drug-likeness (QED) is 0.868. The molecule has 1 atom stereocenters. The summed E-state index contributed by atoms with van der Waals surface area (Å²) in [5.41, 5.74) is -0.118. The van der Waals surface area contributed by atoms with Crippen molar-refractivity contribution >= 4 is 6.03 Å². The van der Waals surface area contributed by atoms with E-state index in [1.54, 1.807) is 18.7 Å². The first-order valence-electron chi connectivity index (χ1n) is 8.37. The van der Waals surface area contributed by atoms with E-state index >= 15 is 0 Å². The number of hydrogen-bond acceptors (Lipinski definition) is 4. The number of nitrogens with zero attached hydrogens (tertiary/aromatic N) is 3. The molecule has 2 N–H and O–H groups in total. The molecule has 1 fully saturated rings. The molecular formula is C18H25FN4O2. The highest BCUT2D eigenvalue weighted by atomic mass is 19.1. The highest BCUT2D eigenvalue weighted by Crippen LogP contribution is 2.14. The summed E-state index contributed by atoms with van der Waals surface area (Å²) in [6, 6.07) is 5.79. The van der Waals surface area contributed by atoms with Crippen molar-refractivity contribution in [1.29, 1.82) is 5.26 Å². The van der Waals surface area contributed by atoms with Gasteiger partial charge in [0.2, 0.25) is 0 Å². The Morgan fingerprint density at radius 2 is 2.20 bits per heavy atom. The van der Waals surface area contributed by atoms with Crippen molar-refractivity contribution in [1.82, 2.24) is 15.1 Å². The molecular weight excluding hydrogens is 323 g/mol. The van der Waals surface area contributed by atoms with Crippen LogP contribution in [0.2, 0.25) is 0 Å². The Hall–Kier alpha value is -2.17. The summed E-state index contributed by atoms with van der Waals surface area (Å²) in [6.07, 6.45) is 0. The maximum absolute atomic E-state index is 13.8. The second kappa shape index (κ2) is 7.81. The second-order valence-electron chi connectivity index (χ2n) is 7.17. The Morgan fingerprint density at radius 1 is 1.48 bits per heavy atom. The summed E-state index contributed by atoms with van der Waals surface area (Å²) in [6.45, 7) is 7.98. The predicted octanol–water partition coefficient (Wildman–Crippen LogP) is 1.68. The topological polar surface area (TPSA) is 79.6 Å². The Bertz CT molecular complexity index is 666. The van der Waals surface area contributed by atoms with E-state index in [1.165, 1.54) is 18.2 Å². The third-order valence-electron chi connectivity index (χ3n) is 4.19. The van der Waals surface area contributed by atoms with Crippen molar-refractivity contribution in [3.8, 4) is 6.07 Å². The summed E-state index contributed by atoms with van der Waals surface area (Å²) in [5.74, 6) is -0.442. The van der Waals surface area contributed by atoms with Crippen LogP contribution >= 0.6 is 0 Å². The van der Waals surface area contributed by atoms with Crippen LogP contribution in [0.4, 0.5) is 9.18 Å². The van der Waals surface area contributed by atoms with Gasteiger partial charge in [-0.1, -0.05) is 0 Å². The van der Waals surface area contributed by atoms with Crippen LogP contribution in [0.15, 0.2) is 18.2 Å². The monoisotopic (exact) mass is 348 g/mol. The standard InChI is InChI=1S/C18H25FN4O2/c1-13-11-22(12-18(2,3)25)6-7-23(13)17(24)21-10-15-8-14(9-20)4-5-16(15)19/h4-5,8,13,25H,6-7,10-12H2,1-3H3,(H,21,24). The van der Waals surface area contributed by atoms with Gasteiger partial charge in [-0.2, -0.15) is 5.26 Å². The molecule has 0 aromatic heterocycles. The summed E-state index contributed by atoms with van der Waals surface area (Å²) < 4.78 is 13.8. The summed E-state index contributed by atoms with van der Waals surface area (Å²) in [5, 5.41) is 21.5. The SMILES string of the molecule is CC1CN(CC(C)(C)O)CCN1C(=O)NCc1cc(C#N)ccc1F. The van der Waals surface area contributed by atoms with Crippen LogP contribution in [-0.4, -0.2) is 58.8 Å². The largest absolute Gasteiger partial charge is 0.389 e. The fourth-order valence-electron chi connectivity index (χ4n) is 3.08. The van der Waals surface area contributed by atoms with Gasteiger partial charge in [0, 0.05) is 44.3 Å². The maximum Gasteiger partial charge on any atom is 0.317 e. The van der Waals surface area contributed by atoms with Gasteiger partial charge in [-0.15, -0.1) is 0 Å². The number of carbonyl (C=O) groups excluding carboxylic acids is 1. The number of β-amino-alcohol motifs (C(OH)–C–C–N with tert-alkyl or cyclic N) is 1. The lowest BCUT2D eigenvalue weighted by Gasteiger charge is -2.41. The highest BCUT2D eigenvalue weighted by Gasteiger charge is 2.29. The molecule has 25 heavy (non-hydrogen) atoms. The lowest BCUT2D eigenvalue weighted by molar-refractivity contribution is 0.0119. The molecule has 0 aliphatic carbocycles. The molecule has 1 unspecified atom stereocenters. The fraction of sp³-hybridized carbons (Fsp3) is 0.556. The van der Waals surface area contributed by atoms with Gasteiger partial charge in [0.15, 0.2) is 0 Å². The highest BCUT2D eigenvalue weighted by molar-refractivity contribution is 5.74. The third-order valence-corrected chi connectivity index (χ3v) is 4.19. The molecule has 1 aliphatic rings. The van der Waals surface area contributed by atoms with Crippen LogP contribution in [0.1, 0.15) is 31.9 Å². The lowest BCUT2D eigenvalue weighted by atomic mass is 10.1. The molecule has 2 rings (SSSR count). The van der Waals surface area contributed by atoms with Crippen molar-refractivity contribution in [3.63, 3.8) is 0 Å². The smallest absolute Gasteiger partial charge is 0.317 e. The summed E-state index contributed by atoms with van der Waals surface area (Å²) >= 11 is 0. The molecule has 1 heterocycles. The number of nitriles is 1. The summed E-state index contributed by atoms with van der Waals surface area (Å²) in [4.78, 5) is 16.2. The van der Waals surface area contributed by atoms with E-state index < -0.39 is 11.4 Å². The van der Waals surface area contributed by atoms with Gasteiger partial charge < -0.3 is 15.3 Å². The first-order valence-corrected chi connectivity index (χ1v) is 8.37. The Balaban J connectivity index is 1.91. The van der Waals surface area contributed by atoms with Crippen LogP contribution < -0.4 is 5.32 Å². The van der Waals surface area contributed by atoms with Gasteiger partial charge in [-0.25, -0.2) is 9.18 Å². The van der Waals surface area contributed by atoms with E-state index in [2.05, 4.69) is 10.2 Å². The molecule has 1 aliphatic heterocycles. The minimum absolute atomic E-state index is 0.00797. The molecule has 1 aromatic carbocycles. The fourth-order valence-corrected chi connectivity index (χ4v) is 3.08. The number of urea groups is 1. The van der Waals surface area contributed by atoms with Crippen molar-refractivity contribution in [2.75, 3.05) is 26.2 Å². The second-order valence-corrected chi connectivity index (χ2v) is 7.17. The molecule has 0 spiro atoms. The van der Waals surface area contributed by atoms with Crippen LogP contribution in [0.25, 0.3) is 0 Å². The van der Waals surface area contributed by atoms with Crippen molar-refractivity contribution in [2.45, 2.75) is 39.0 Å². The Kier molecular flexibility index (Phi) is 5.98.